The molecule has 2 rings (SSSR count). The van der Waals surface area contributed by atoms with Crippen molar-refractivity contribution in [3.63, 3.8) is 0 Å². The minimum atomic E-state index is -0.657. The second-order valence-electron chi connectivity index (χ2n) is 2.66. The van der Waals surface area contributed by atoms with Crippen LogP contribution in [-0.2, 0) is 4.92 Å². The van der Waals surface area contributed by atoms with E-state index >= 15 is 0 Å². The van der Waals surface area contributed by atoms with Crippen LogP contribution in [0.5, 0.6) is 0 Å². The summed E-state index contributed by atoms with van der Waals surface area (Å²) in [6.45, 7) is 0. The van der Waals surface area contributed by atoms with E-state index in [4.69, 9.17) is 5.21 Å². The zero-order chi connectivity index (χ0) is 12.3. The van der Waals surface area contributed by atoms with Gasteiger partial charge in [-0.05, 0) is 12.1 Å². The summed E-state index contributed by atoms with van der Waals surface area (Å²) in [6.07, 6.45) is 0. The Bertz CT molecular complexity index is 389. The number of carbonyl (C=O) groups is 2. The van der Waals surface area contributed by atoms with Gasteiger partial charge in [0.25, 0.3) is 11.8 Å². The molecule has 1 aromatic rings. The molecule has 0 unspecified atom stereocenters. The molecule has 1 aliphatic rings. The van der Waals surface area contributed by atoms with Crippen LogP contribution in [0.25, 0.3) is 0 Å². The first kappa shape index (κ1) is 15.2. The van der Waals surface area contributed by atoms with Crippen LogP contribution < -0.4 is 0 Å². The summed E-state index contributed by atoms with van der Waals surface area (Å²) in [7, 11) is 0. The molecule has 1 heterocycles. The molecule has 0 spiro atoms. The van der Waals surface area contributed by atoms with Crippen molar-refractivity contribution in [3.05, 3.63) is 35.4 Å². The van der Waals surface area contributed by atoms with Crippen LogP contribution in [0.2, 0.25) is 0 Å². The Morgan fingerprint density at radius 1 is 1.00 bits per heavy atom. The van der Waals surface area contributed by atoms with Gasteiger partial charge in [0, 0.05) is 0 Å². The predicted octanol–water partition coefficient (Wildman–Crippen LogP) is 3.33. The van der Waals surface area contributed by atoms with Crippen molar-refractivity contribution in [2.45, 2.75) is 0 Å². The summed E-state index contributed by atoms with van der Waals surface area (Å²) in [5.41, 5.74) is 0.509. The number of imide groups is 1. The van der Waals surface area contributed by atoms with Gasteiger partial charge >= 0.3 is 64.9 Å². The standard InChI is InChI=1S/C8H5NO3.3HI.V/c10-7-5-3-1-2-4-6(5)8(11)9(7)12;;;;/h1-4,12H;3*1H;/q;;;;+3/p-3. The average Bonchev–Trinajstić information content (AvgIpc) is 2.44. The Morgan fingerprint density at radius 3 is 1.62 bits per heavy atom. The molecule has 4 nitrogen and oxygen atoms in total. The molecule has 0 aromatic heterocycles. The van der Waals surface area contributed by atoms with Crippen molar-refractivity contribution in [1.29, 1.82) is 0 Å². The maximum atomic E-state index is 11.1. The minimum absolute atomic E-state index is 0.130. The van der Waals surface area contributed by atoms with Crippen LogP contribution in [-0.4, -0.2) is 22.1 Å². The van der Waals surface area contributed by atoms with Gasteiger partial charge < -0.3 is 0 Å². The third-order valence-electron chi connectivity index (χ3n) is 1.77. The average molecular weight is 595 g/mol. The first-order chi connectivity index (χ1) is 7.45. The fraction of sp³-hybridized carbons (Fsp3) is 0. The summed E-state index contributed by atoms with van der Waals surface area (Å²) in [5, 5.41) is 9.05. The van der Waals surface area contributed by atoms with Crippen molar-refractivity contribution >= 4 is 71.8 Å². The van der Waals surface area contributed by atoms with Crippen LogP contribution in [0.4, 0.5) is 0 Å². The molecule has 1 aliphatic heterocycles. The third-order valence-corrected chi connectivity index (χ3v) is 1.77. The van der Waals surface area contributed by atoms with Gasteiger partial charge in [-0.1, -0.05) is 12.1 Å². The normalized spacial score (nSPS) is 13.7. The molecule has 8 heteroatoms. The van der Waals surface area contributed by atoms with E-state index in [1.54, 1.807) is 12.1 Å². The van der Waals surface area contributed by atoms with Gasteiger partial charge in [0.1, 0.15) is 0 Å². The number of hydrogen-bond donors (Lipinski definition) is 1. The molecule has 1 N–H and O–H groups in total. The monoisotopic (exact) mass is 595 g/mol. The molecule has 0 atom stereocenters. The molecular formula is C8H5I3NO3V. The quantitative estimate of drug-likeness (QED) is 0.285. The van der Waals surface area contributed by atoms with Crippen LogP contribution in [0, 0.1) is 0 Å². The molecule has 0 aliphatic carbocycles. The van der Waals surface area contributed by atoms with E-state index < -0.39 is 11.8 Å². The summed E-state index contributed by atoms with van der Waals surface area (Å²) < 4.78 is 0. The Morgan fingerprint density at radius 2 is 1.31 bits per heavy atom. The first-order valence-corrected chi connectivity index (χ1v) is 17.4. The van der Waals surface area contributed by atoms with Crippen molar-refractivity contribution < 1.29 is 19.7 Å². The van der Waals surface area contributed by atoms with Gasteiger partial charge in [-0.2, -0.15) is 0 Å². The number of hydroxylamine groups is 2. The van der Waals surface area contributed by atoms with Gasteiger partial charge in [0.15, 0.2) is 0 Å². The van der Waals surface area contributed by atoms with Crippen molar-refractivity contribution in [2.24, 2.45) is 0 Å². The van der Waals surface area contributed by atoms with E-state index in [-0.39, 0.29) is 21.1 Å². The molecule has 1 aromatic carbocycles. The number of hydrogen-bond acceptors (Lipinski definition) is 3. The Hall–Kier alpha value is 1.09. The topological polar surface area (TPSA) is 57.6 Å². The number of halogens is 3. The van der Waals surface area contributed by atoms with E-state index in [9.17, 15) is 9.59 Å². The van der Waals surface area contributed by atoms with E-state index in [2.05, 4.69) is 59.9 Å². The number of benzene rings is 1. The molecule has 0 radical (unpaired) electrons. The predicted molar refractivity (Wildman–Crippen MR) is 80.8 cm³/mol. The number of amides is 2. The van der Waals surface area contributed by atoms with E-state index in [1.807, 2.05) is 0 Å². The Balaban J connectivity index is 0.000000280. The van der Waals surface area contributed by atoms with Crippen LogP contribution in [0.1, 0.15) is 20.7 Å². The van der Waals surface area contributed by atoms with Crippen LogP contribution in [0.3, 0.4) is 0 Å². The second-order valence-corrected chi connectivity index (χ2v) is 38.0. The molecule has 0 saturated heterocycles. The maximum absolute atomic E-state index is 11.1. The van der Waals surface area contributed by atoms with Crippen molar-refractivity contribution in [2.75, 3.05) is 0 Å². The molecule has 0 saturated carbocycles. The molecule has 86 valence electrons. The third kappa shape index (κ3) is 3.80. The van der Waals surface area contributed by atoms with Crippen LogP contribution >= 0.6 is 59.9 Å². The summed E-state index contributed by atoms with van der Waals surface area (Å²) in [5.74, 6) is -1.31. The number of rotatable bonds is 0. The molecular weight excluding hydrogens is 590 g/mol. The fourth-order valence-corrected chi connectivity index (χ4v) is 1.18. The molecule has 0 fully saturated rings. The summed E-state index contributed by atoms with van der Waals surface area (Å²) in [6, 6.07) is 6.30. The number of carbonyl (C=O) groups excluding carboxylic acids is 2. The van der Waals surface area contributed by atoms with Gasteiger partial charge in [-0.3, -0.25) is 14.8 Å². The summed E-state index contributed by atoms with van der Waals surface area (Å²) in [4.78, 5) is 21.8. The van der Waals surface area contributed by atoms with Gasteiger partial charge in [-0.15, -0.1) is 5.06 Å². The Kier molecular flexibility index (Phi) is 6.51. The van der Waals surface area contributed by atoms with E-state index in [0.29, 0.717) is 0 Å². The molecule has 16 heavy (non-hydrogen) atoms. The fourth-order valence-electron chi connectivity index (χ4n) is 1.18. The van der Waals surface area contributed by atoms with Crippen molar-refractivity contribution in [1.82, 2.24) is 5.06 Å². The zero-order valence-corrected chi connectivity index (χ0v) is 15.5. The Labute approximate surface area is 130 Å². The van der Waals surface area contributed by atoms with Crippen molar-refractivity contribution in [3.8, 4) is 0 Å². The molecule has 2 amide bonds. The van der Waals surface area contributed by atoms with E-state index in [1.165, 1.54) is 12.1 Å². The van der Waals surface area contributed by atoms with Gasteiger partial charge in [0.05, 0.1) is 11.1 Å². The first-order valence-electron chi connectivity index (χ1n) is 3.89. The molecule has 0 bridgehead atoms. The van der Waals surface area contributed by atoms with Gasteiger partial charge in [0.2, 0.25) is 0 Å². The SMILES string of the molecule is O=C1c2ccccc2C(=O)N1O.[I][V]([I])[I]. The number of nitrogens with zero attached hydrogens (tertiary/aromatic N) is 1. The summed E-state index contributed by atoms with van der Waals surface area (Å²) >= 11 is 7.39. The van der Waals surface area contributed by atoms with Gasteiger partial charge in [-0.25, -0.2) is 0 Å². The van der Waals surface area contributed by atoms with E-state index in [0.717, 1.165) is 0 Å². The van der Waals surface area contributed by atoms with Crippen LogP contribution in [0.15, 0.2) is 24.3 Å². The second kappa shape index (κ2) is 6.88. The zero-order valence-electron chi connectivity index (χ0n) is 7.60. The number of fused-ring (bicyclic) bond motifs is 1.